The van der Waals surface area contributed by atoms with E-state index in [2.05, 4.69) is 0 Å². The molecule has 2 aromatic carbocycles. The SMILES string of the molecule is Cc1cccc(Oc2ccc(C(=O)N(C)C)cc2N)c1F. The lowest BCUT2D eigenvalue weighted by atomic mass is 10.1. The van der Waals surface area contributed by atoms with E-state index in [1.165, 1.54) is 17.0 Å². The van der Waals surface area contributed by atoms with Crippen LogP contribution in [-0.2, 0) is 0 Å². The van der Waals surface area contributed by atoms with Crippen molar-refractivity contribution in [3.63, 3.8) is 0 Å². The van der Waals surface area contributed by atoms with Gasteiger partial charge in [-0.3, -0.25) is 4.79 Å². The third kappa shape index (κ3) is 3.13. The Kier molecular flexibility index (Phi) is 4.12. The molecule has 0 spiro atoms. The summed E-state index contributed by atoms with van der Waals surface area (Å²) in [5.74, 6) is -0.163. The lowest BCUT2D eigenvalue weighted by Gasteiger charge is -2.13. The number of benzene rings is 2. The van der Waals surface area contributed by atoms with Gasteiger partial charge in [-0.25, -0.2) is 4.39 Å². The van der Waals surface area contributed by atoms with Crippen LogP contribution in [0.5, 0.6) is 11.5 Å². The summed E-state index contributed by atoms with van der Waals surface area (Å²) in [4.78, 5) is 13.3. The minimum absolute atomic E-state index is 0.105. The number of hydrogen-bond donors (Lipinski definition) is 1. The molecule has 0 saturated carbocycles. The van der Waals surface area contributed by atoms with Crippen molar-refractivity contribution in [1.29, 1.82) is 0 Å². The minimum atomic E-state index is -0.426. The van der Waals surface area contributed by atoms with Crippen molar-refractivity contribution in [2.75, 3.05) is 19.8 Å². The van der Waals surface area contributed by atoms with E-state index >= 15 is 0 Å². The zero-order valence-corrected chi connectivity index (χ0v) is 12.2. The molecule has 0 aromatic heterocycles. The van der Waals surface area contributed by atoms with Gasteiger partial charge < -0.3 is 15.4 Å². The van der Waals surface area contributed by atoms with Crippen molar-refractivity contribution in [1.82, 2.24) is 4.90 Å². The number of carbonyl (C=O) groups is 1. The normalized spacial score (nSPS) is 10.3. The Morgan fingerprint density at radius 2 is 1.90 bits per heavy atom. The monoisotopic (exact) mass is 288 g/mol. The van der Waals surface area contributed by atoms with E-state index in [0.29, 0.717) is 16.9 Å². The molecule has 0 aliphatic carbocycles. The van der Waals surface area contributed by atoms with E-state index in [9.17, 15) is 9.18 Å². The summed E-state index contributed by atoms with van der Waals surface area (Å²) in [6.07, 6.45) is 0. The zero-order chi connectivity index (χ0) is 15.6. The molecule has 0 aliphatic rings. The van der Waals surface area contributed by atoms with Crippen molar-refractivity contribution < 1.29 is 13.9 Å². The van der Waals surface area contributed by atoms with Crippen LogP contribution in [0.3, 0.4) is 0 Å². The van der Waals surface area contributed by atoms with Crippen molar-refractivity contribution in [2.45, 2.75) is 6.92 Å². The Morgan fingerprint density at radius 1 is 1.19 bits per heavy atom. The standard InChI is InChI=1S/C16H17FN2O2/c1-10-5-4-6-14(15(10)17)21-13-8-7-11(9-12(13)18)16(20)19(2)3/h4-9H,18H2,1-3H3. The molecule has 0 bridgehead atoms. The maximum Gasteiger partial charge on any atom is 0.253 e. The predicted molar refractivity (Wildman–Crippen MR) is 80.1 cm³/mol. The van der Waals surface area contributed by atoms with Crippen LogP contribution in [0.2, 0.25) is 0 Å². The lowest BCUT2D eigenvalue weighted by molar-refractivity contribution is 0.0827. The number of amides is 1. The molecule has 0 atom stereocenters. The summed E-state index contributed by atoms with van der Waals surface area (Å²) in [7, 11) is 3.32. The van der Waals surface area contributed by atoms with E-state index in [4.69, 9.17) is 10.5 Å². The van der Waals surface area contributed by atoms with Gasteiger partial charge in [0, 0.05) is 19.7 Å². The van der Waals surface area contributed by atoms with Crippen molar-refractivity contribution in [3.8, 4) is 11.5 Å². The van der Waals surface area contributed by atoms with Gasteiger partial charge in [0.1, 0.15) is 0 Å². The van der Waals surface area contributed by atoms with Crippen molar-refractivity contribution in [3.05, 3.63) is 53.3 Å². The van der Waals surface area contributed by atoms with Gasteiger partial charge in [0.15, 0.2) is 17.3 Å². The Bertz CT molecular complexity index is 684. The molecule has 4 nitrogen and oxygen atoms in total. The molecule has 0 aliphatic heterocycles. The van der Waals surface area contributed by atoms with Crippen LogP contribution in [0.15, 0.2) is 36.4 Å². The summed E-state index contributed by atoms with van der Waals surface area (Å²) in [5, 5.41) is 0. The molecule has 21 heavy (non-hydrogen) atoms. The maximum absolute atomic E-state index is 13.9. The summed E-state index contributed by atoms with van der Waals surface area (Å²) >= 11 is 0. The van der Waals surface area contributed by atoms with Crippen LogP contribution < -0.4 is 10.5 Å². The summed E-state index contributed by atoms with van der Waals surface area (Å²) < 4.78 is 19.4. The van der Waals surface area contributed by atoms with E-state index in [1.54, 1.807) is 45.3 Å². The molecule has 2 N–H and O–H groups in total. The molecule has 0 saturated heterocycles. The molecule has 5 heteroatoms. The Labute approximate surface area is 122 Å². The number of ether oxygens (including phenoxy) is 1. The van der Waals surface area contributed by atoms with Gasteiger partial charge in [-0.1, -0.05) is 12.1 Å². The number of nitrogens with two attached hydrogens (primary N) is 1. The first-order chi connectivity index (χ1) is 9.90. The molecule has 2 aromatic rings. The molecule has 0 heterocycles. The van der Waals surface area contributed by atoms with Crippen LogP contribution in [0, 0.1) is 12.7 Å². The van der Waals surface area contributed by atoms with Gasteiger partial charge in [0.25, 0.3) is 5.91 Å². The molecule has 2 rings (SSSR count). The highest BCUT2D eigenvalue weighted by Crippen LogP contribution is 2.31. The Balaban J connectivity index is 2.30. The fourth-order valence-corrected chi connectivity index (χ4v) is 1.85. The minimum Gasteiger partial charge on any atom is -0.452 e. The summed E-state index contributed by atoms with van der Waals surface area (Å²) in [6, 6.07) is 9.57. The molecule has 0 fully saturated rings. The second-order valence-electron chi connectivity index (χ2n) is 4.94. The fourth-order valence-electron chi connectivity index (χ4n) is 1.85. The largest absolute Gasteiger partial charge is 0.452 e. The summed E-state index contributed by atoms with van der Waals surface area (Å²) in [5.41, 5.74) is 7.10. The Morgan fingerprint density at radius 3 is 2.52 bits per heavy atom. The van der Waals surface area contributed by atoms with Crippen LogP contribution in [-0.4, -0.2) is 24.9 Å². The highest BCUT2D eigenvalue weighted by molar-refractivity contribution is 5.95. The van der Waals surface area contributed by atoms with Crippen LogP contribution in [0.4, 0.5) is 10.1 Å². The van der Waals surface area contributed by atoms with Crippen LogP contribution in [0.1, 0.15) is 15.9 Å². The van der Waals surface area contributed by atoms with E-state index in [0.717, 1.165) is 0 Å². The average Bonchev–Trinajstić information content (AvgIpc) is 2.44. The Hall–Kier alpha value is -2.56. The highest BCUT2D eigenvalue weighted by Gasteiger charge is 2.13. The van der Waals surface area contributed by atoms with E-state index < -0.39 is 5.82 Å². The number of halogens is 1. The number of aryl methyl sites for hydroxylation is 1. The smallest absolute Gasteiger partial charge is 0.253 e. The number of nitrogens with zero attached hydrogens (tertiary/aromatic N) is 1. The first-order valence-electron chi connectivity index (χ1n) is 6.44. The summed E-state index contributed by atoms with van der Waals surface area (Å²) in [6.45, 7) is 1.66. The number of nitrogen functional groups attached to an aromatic ring is 1. The van der Waals surface area contributed by atoms with Gasteiger partial charge in [0.05, 0.1) is 5.69 Å². The molecule has 0 unspecified atom stereocenters. The van der Waals surface area contributed by atoms with Gasteiger partial charge in [-0.05, 0) is 36.8 Å². The topological polar surface area (TPSA) is 55.6 Å². The number of hydrogen-bond acceptors (Lipinski definition) is 3. The lowest BCUT2D eigenvalue weighted by Crippen LogP contribution is -2.21. The van der Waals surface area contributed by atoms with Crippen molar-refractivity contribution >= 4 is 11.6 Å². The van der Waals surface area contributed by atoms with Gasteiger partial charge in [0.2, 0.25) is 0 Å². The number of carbonyl (C=O) groups excluding carboxylic acids is 1. The molecular formula is C16H17FN2O2. The quantitative estimate of drug-likeness (QED) is 0.882. The van der Waals surface area contributed by atoms with Crippen LogP contribution >= 0.6 is 0 Å². The maximum atomic E-state index is 13.9. The molecule has 110 valence electrons. The average molecular weight is 288 g/mol. The first-order valence-corrected chi connectivity index (χ1v) is 6.44. The van der Waals surface area contributed by atoms with Gasteiger partial charge in [-0.2, -0.15) is 0 Å². The molecule has 1 amide bonds. The molecule has 0 radical (unpaired) electrons. The first kappa shape index (κ1) is 14.8. The second kappa shape index (κ2) is 5.83. The third-order valence-electron chi connectivity index (χ3n) is 3.04. The van der Waals surface area contributed by atoms with Gasteiger partial charge >= 0.3 is 0 Å². The third-order valence-corrected chi connectivity index (χ3v) is 3.04. The zero-order valence-electron chi connectivity index (χ0n) is 12.2. The fraction of sp³-hybridized carbons (Fsp3) is 0.188. The predicted octanol–water partition coefficient (Wildman–Crippen LogP) is 3.21. The van der Waals surface area contributed by atoms with Crippen LogP contribution in [0.25, 0.3) is 0 Å². The van der Waals surface area contributed by atoms with E-state index in [1.807, 2.05) is 0 Å². The van der Waals surface area contributed by atoms with E-state index in [-0.39, 0.29) is 17.3 Å². The highest BCUT2D eigenvalue weighted by atomic mass is 19.1. The van der Waals surface area contributed by atoms with Gasteiger partial charge in [-0.15, -0.1) is 0 Å². The molecular weight excluding hydrogens is 271 g/mol. The van der Waals surface area contributed by atoms with Crippen molar-refractivity contribution in [2.24, 2.45) is 0 Å². The second-order valence-corrected chi connectivity index (χ2v) is 4.94. The number of rotatable bonds is 3. The number of anilines is 1.